The van der Waals surface area contributed by atoms with Crippen LogP contribution in [0, 0.1) is 12.7 Å². The van der Waals surface area contributed by atoms with E-state index in [1.54, 1.807) is 66.7 Å². The topological polar surface area (TPSA) is 112 Å². The first-order valence-corrected chi connectivity index (χ1v) is 16.9. The van der Waals surface area contributed by atoms with Gasteiger partial charge in [0.2, 0.25) is 9.84 Å². The molecule has 0 radical (unpaired) electrons. The number of anilines is 1. The molecule has 0 fully saturated rings. The molecule has 0 saturated heterocycles. The highest BCUT2D eigenvalue weighted by Gasteiger charge is 2.50. The number of nitrogens with zero attached hydrogens (tertiary/aromatic N) is 1. The average Bonchev–Trinajstić information content (AvgIpc) is 3.20. The first-order chi connectivity index (χ1) is 19.4. The number of hydrogen-bond acceptors (Lipinski definition) is 6. The fourth-order valence-electron chi connectivity index (χ4n) is 5.19. The van der Waals surface area contributed by atoms with Crippen LogP contribution in [0.25, 0.3) is 10.5 Å². The number of fused-ring (bicyclic) bond motifs is 3. The summed E-state index contributed by atoms with van der Waals surface area (Å²) in [6, 6.07) is 25.1. The highest BCUT2D eigenvalue weighted by Crippen LogP contribution is 2.71. The van der Waals surface area contributed by atoms with Crippen LogP contribution in [0.3, 0.4) is 0 Å². The second-order valence-electron chi connectivity index (χ2n) is 9.68. The van der Waals surface area contributed by atoms with Gasteiger partial charge in [-0.1, -0.05) is 66.2 Å². The van der Waals surface area contributed by atoms with Gasteiger partial charge >= 0.3 is 0 Å². The third kappa shape index (κ3) is 4.32. The molecule has 0 atom stereocenters. The fraction of sp³-hybridized carbons (Fsp3) is 0.0667. The predicted molar refractivity (Wildman–Crippen MR) is 159 cm³/mol. The van der Waals surface area contributed by atoms with E-state index in [2.05, 4.69) is 0 Å². The standard InChI is InChI=1S/C30H24FNO6S3/c1-20-11-15-24(16-12-20)41(37,38)32-19-26-28(25-9-5-6-10-27(25)32)30(39(33,34)23-17-13-22(31)14-18-23)40(35,36)29(26)21-7-3-2-4-8-21/h2-18,35-36H,19H2,1H3. The van der Waals surface area contributed by atoms with Crippen LogP contribution in [-0.2, 0) is 19.9 Å². The van der Waals surface area contributed by atoms with E-state index in [-0.39, 0.29) is 43.6 Å². The SMILES string of the molecule is Cc1ccc(S(=O)(=O)N2CC3=C(c4ccccc4)S(O)(O)C(S(=O)(=O)c4ccc(F)cc4)=C3c3ccccc32)cc1. The first-order valence-electron chi connectivity index (χ1n) is 12.4. The molecule has 41 heavy (non-hydrogen) atoms. The number of para-hydroxylation sites is 1. The minimum absolute atomic E-state index is 0.0379. The number of benzene rings is 4. The van der Waals surface area contributed by atoms with Crippen molar-refractivity contribution >= 4 is 46.6 Å². The van der Waals surface area contributed by atoms with Gasteiger partial charge in [-0.2, -0.15) is 0 Å². The molecule has 210 valence electrons. The molecule has 6 rings (SSSR count). The summed E-state index contributed by atoms with van der Waals surface area (Å²) in [5, 5.41) is 0. The molecule has 0 aromatic heterocycles. The van der Waals surface area contributed by atoms with E-state index in [9.17, 15) is 30.3 Å². The minimum Gasteiger partial charge on any atom is -0.290 e. The summed E-state index contributed by atoms with van der Waals surface area (Å²) in [6.45, 7) is 1.50. The fourth-order valence-corrected chi connectivity index (χ4v) is 11.3. The van der Waals surface area contributed by atoms with Crippen molar-refractivity contribution in [2.45, 2.75) is 16.7 Å². The van der Waals surface area contributed by atoms with E-state index in [1.165, 1.54) is 12.1 Å². The van der Waals surface area contributed by atoms with E-state index in [0.717, 1.165) is 34.1 Å². The Balaban J connectivity index is 1.68. The van der Waals surface area contributed by atoms with Gasteiger partial charge in [-0.05, 0) is 55.0 Å². The molecule has 4 aromatic carbocycles. The van der Waals surface area contributed by atoms with Gasteiger partial charge in [0.05, 0.1) is 26.9 Å². The van der Waals surface area contributed by atoms with Gasteiger partial charge < -0.3 is 0 Å². The highest BCUT2D eigenvalue weighted by molar-refractivity contribution is 8.42. The molecule has 2 N–H and O–H groups in total. The Morgan fingerprint density at radius 3 is 2.00 bits per heavy atom. The van der Waals surface area contributed by atoms with E-state index >= 15 is 0 Å². The summed E-state index contributed by atoms with van der Waals surface area (Å²) in [5.74, 6) is -0.650. The molecule has 0 unspecified atom stereocenters. The monoisotopic (exact) mass is 609 g/mol. The third-order valence-corrected chi connectivity index (χ3v) is 13.6. The second-order valence-corrected chi connectivity index (χ2v) is 15.6. The van der Waals surface area contributed by atoms with Crippen molar-refractivity contribution in [3.63, 3.8) is 0 Å². The zero-order valence-electron chi connectivity index (χ0n) is 21.6. The highest BCUT2D eigenvalue weighted by atomic mass is 32.3. The van der Waals surface area contributed by atoms with Crippen molar-refractivity contribution in [1.29, 1.82) is 0 Å². The van der Waals surface area contributed by atoms with Gasteiger partial charge in [0.15, 0.2) is 4.24 Å². The normalized spacial score (nSPS) is 17.3. The van der Waals surface area contributed by atoms with Gasteiger partial charge in [-0.15, -0.1) is 10.6 Å². The molecule has 4 aromatic rings. The Kier molecular flexibility index (Phi) is 6.47. The number of rotatable bonds is 5. The van der Waals surface area contributed by atoms with Crippen molar-refractivity contribution in [3.8, 4) is 0 Å². The Hall–Kier alpha value is -3.74. The summed E-state index contributed by atoms with van der Waals surface area (Å²) >= 11 is 0. The van der Waals surface area contributed by atoms with Crippen LogP contribution >= 0.6 is 10.6 Å². The maximum atomic E-state index is 14.1. The Labute approximate surface area is 239 Å². The smallest absolute Gasteiger partial charge is 0.264 e. The van der Waals surface area contributed by atoms with Gasteiger partial charge in [0.25, 0.3) is 10.0 Å². The zero-order chi connectivity index (χ0) is 29.2. The lowest BCUT2D eigenvalue weighted by atomic mass is 9.92. The lowest BCUT2D eigenvalue weighted by Crippen LogP contribution is -2.36. The van der Waals surface area contributed by atoms with Crippen LogP contribution < -0.4 is 4.31 Å². The van der Waals surface area contributed by atoms with Crippen molar-refractivity contribution in [2.24, 2.45) is 0 Å². The molecule has 0 bridgehead atoms. The predicted octanol–water partition coefficient (Wildman–Crippen LogP) is 6.66. The molecule has 2 aliphatic heterocycles. The molecule has 2 aliphatic rings. The van der Waals surface area contributed by atoms with Crippen LogP contribution in [0.5, 0.6) is 0 Å². The molecule has 0 aliphatic carbocycles. The van der Waals surface area contributed by atoms with E-state index in [4.69, 9.17) is 0 Å². The van der Waals surface area contributed by atoms with Gasteiger partial charge in [-0.3, -0.25) is 13.4 Å². The Morgan fingerprint density at radius 1 is 0.756 bits per heavy atom. The van der Waals surface area contributed by atoms with Crippen molar-refractivity contribution in [1.82, 2.24) is 0 Å². The summed E-state index contributed by atoms with van der Waals surface area (Å²) < 4.78 is 94.1. The van der Waals surface area contributed by atoms with E-state index in [0.29, 0.717) is 5.56 Å². The maximum absolute atomic E-state index is 14.1. The Bertz CT molecular complexity index is 1970. The number of sulfone groups is 1. The minimum atomic E-state index is -4.59. The zero-order valence-corrected chi connectivity index (χ0v) is 24.0. The van der Waals surface area contributed by atoms with Crippen LogP contribution in [0.15, 0.2) is 123 Å². The number of sulfonamides is 1. The number of hydrogen-bond donors (Lipinski definition) is 2. The van der Waals surface area contributed by atoms with Gasteiger partial charge in [-0.25, -0.2) is 21.2 Å². The van der Waals surface area contributed by atoms with Crippen molar-refractivity contribution in [3.05, 3.63) is 135 Å². The van der Waals surface area contributed by atoms with Gasteiger partial charge in [0, 0.05) is 16.7 Å². The van der Waals surface area contributed by atoms with Crippen LogP contribution in [-0.4, -0.2) is 32.5 Å². The van der Waals surface area contributed by atoms with E-state index < -0.39 is 40.5 Å². The van der Waals surface area contributed by atoms with Crippen molar-refractivity contribution in [2.75, 3.05) is 10.8 Å². The molecule has 11 heteroatoms. The molecule has 0 amide bonds. The lowest BCUT2D eigenvalue weighted by Gasteiger charge is -2.33. The summed E-state index contributed by atoms with van der Waals surface area (Å²) in [4.78, 5) is -0.342. The average molecular weight is 610 g/mol. The van der Waals surface area contributed by atoms with Crippen LogP contribution in [0.1, 0.15) is 16.7 Å². The molecule has 2 heterocycles. The van der Waals surface area contributed by atoms with Gasteiger partial charge in [0.1, 0.15) is 5.82 Å². The second kappa shape index (κ2) is 9.68. The Morgan fingerprint density at radius 2 is 1.34 bits per heavy atom. The maximum Gasteiger partial charge on any atom is 0.264 e. The molecule has 0 saturated carbocycles. The summed E-state index contributed by atoms with van der Waals surface area (Å²) in [5.41, 5.74) is 1.85. The number of aryl methyl sites for hydroxylation is 1. The van der Waals surface area contributed by atoms with Crippen LogP contribution in [0.2, 0.25) is 0 Å². The quantitative estimate of drug-likeness (QED) is 0.245. The lowest BCUT2D eigenvalue weighted by molar-refractivity contribution is 0.511. The summed E-state index contributed by atoms with van der Waals surface area (Å²) in [6.07, 6.45) is 0. The molecule has 7 nitrogen and oxygen atoms in total. The number of halogens is 1. The van der Waals surface area contributed by atoms with Crippen molar-refractivity contribution < 1.29 is 30.3 Å². The first kappa shape index (κ1) is 27.4. The molecular weight excluding hydrogens is 586 g/mol. The molecular formula is C30H24FNO6S3. The summed E-state index contributed by atoms with van der Waals surface area (Å²) in [7, 11) is -12.9. The largest absolute Gasteiger partial charge is 0.290 e. The van der Waals surface area contributed by atoms with E-state index in [1.807, 2.05) is 6.92 Å². The third-order valence-electron chi connectivity index (χ3n) is 7.08. The van der Waals surface area contributed by atoms with Crippen LogP contribution in [0.4, 0.5) is 10.1 Å². The molecule has 0 spiro atoms.